The van der Waals surface area contributed by atoms with Crippen molar-refractivity contribution < 1.29 is 55.5 Å². The number of carbonyl (C=O) groups is 1. The van der Waals surface area contributed by atoms with Gasteiger partial charge < -0.3 is 16.7 Å². The summed E-state index contributed by atoms with van der Waals surface area (Å²) >= 11 is 0. The van der Waals surface area contributed by atoms with E-state index in [2.05, 4.69) is 0 Å². The van der Waals surface area contributed by atoms with Gasteiger partial charge in [-0.2, -0.15) is 0 Å². The first-order chi connectivity index (χ1) is 13.4. The minimum Gasteiger partial charge on any atom is -1.00 e. The van der Waals surface area contributed by atoms with Gasteiger partial charge in [0.05, 0.1) is 18.6 Å². The maximum absolute atomic E-state index is 13.2. The average Bonchev–Trinajstić information content (AvgIpc) is 2.89. The van der Waals surface area contributed by atoms with E-state index in [9.17, 15) is 19.4 Å². The van der Waals surface area contributed by atoms with E-state index >= 15 is 0 Å². The Morgan fingerprint density at radius 2 is 1.83 bits per heavy atom. The van der Waals surface area contributed by atoms with Crippen molar-refractivity contribution in [2.75, 3.05) is 0 Å². The molecule has 0 spiro atoms. The molecule has 2 atom stereocenters. The molecule has 2 unspecified atom stereocenters. The molecule has 0 amide bonds. The van der Waals surface area contributed by atoms with Gasteiger partial charge in [0.2, 0.25) is 0 Å². The second-order valence-electron chi connectivity index (χ2n) is 8.20. The summed E-state index contributed by atoms with van der Waals surface area (Å²) in [6.07, 6.45) is 7.91. The molecule has 154 valence electrons. The fourth-order valence-corrected chi connectivity index (χ4v) is 4.57. The second-order valence-corrected chi connectivity index (χ2v) is 8.20. The molecule has 4 nitrogen and oxygen atoms in total. The van der Waals surface area contributed by atoms with Crippen molar-refractivity contribution in [1.29, 1.82) is 0 Å². The van der Waals surface area contributed by atoms with E-state index < -0.39 is 18.2 Å². The molecule has 6 heteroatoms. The van der Waals surface area contributed by atoms with Crippen LogP contribution in [0.3, 0.4) is 0 Å². The number of rotatable bonds is 8. The van der Waals surface area contributed by atoms with E-state index in [1.807, 2.05) is 18.2 Å². The molecular formula is C23H30FNaO4. The Balaban J connectivity index is 0.00000225. The normalized spacial score (nSPS) is 23.6. The quantitative estimate of drug-likeness (QED) is 0.560. The average molecular weight is 412 g/mol. The summed E-state index contributed by atoms with van der Waals surface area (Å²) in [6.45, 7) is 0. The summed E-state index contributed by atoms with van der Waals surface area (Å²) in [5.74, 6) is -0.142. The molecule has 3 aliphatic rings. The van der Waals surface area contributed by atoms with Crippen LogP contribution in [0.1, 0.15) is 51.9 Å². The van der Waals surface area contributed by atoms with Crippen LogP contribution in [0.4, 0.5) is 4.39 Å². The smallest absolute Gasteiger partial charge is 1.00 e. The molecule has 29 heavy (non-hydrogen) atoms. The molecule has 2 bridgehead atoms. The van der Waals surface area contributed by atoms with Gasteiger partial charge in [-0.1, -0.05) is 29.9 Å². The molecule has 1 fully saturated rings. The molecule has 3 aliphatic carbocycles. The zero-order valence-corrected chi connectivity index (χ0v) is 19.1. The molecule has 1 aromatic rings. The second kappa shape index (κ2) is 11.4. The van der Waals surface area contributed by atoms with E-state index in [1.165, 1.54) is 36.1 Å². The molecule has 1 saturated carbocycles. The Morgan fingerprint density at radius 1 is 1.17 bits per heavy atom. The number of carboxylic acids is 1. The Morgan fingerprint density at radius 3 is 2.45 bits per heavy atom. The van der Waals surface area contributed by atoms with Gasteiger partial charge in [-0.3, -0.25) is 4.79 Å². The molecular weight excluding hydrogens is 382 g/mol. The number of hydrogen-bond acceptors (Lipinski definition) is 3. The van der Waals surface area contributed by atoms with E-state index in [4.69, 9.17) is 5.11 Å². The number of aliphatic carboxylic acids is 1. The van der Waals surface area contributed by atoms with Crippen molar-refractivity contribution in [2.45, 2.75) is 63.6 Å². The number of allylic oxidation sites excluding steroid dienone is 3. The number of aliphatic hydroxyl groups is 2. The fraction of sp³-hybridized carbons (Fsp3) is 0.522. The van der Waals surface area contributed by atoms with Crippen LogP contribution in [0.25, 0.3) is 0 Å². The molecule has 0 saturated heterocycles. The number of aliphatic hydroxyl groups excluding tert-OH is 2. The monoisotopic (exact) mass is 412 g/mol. The van der Waals surface area contributed by atoms with Crippen LogP contribution in [0, 0.1) is 17.7 Å². The number of hydrogen-bond donors (Lipinski definition) is 3. The summed E-state index contributed by atoms with van der Waals surface area (Å²) in [6, 6.07) is 6.63. The first kappa shape index (κ1) is 24.3. The summed E-state index contributed by atoms with van der Waals surface area (Å²) in [7, 11) is 0. The molecule has 0 heterocycles. The molecule has 3 N–H and O–H groups in total. The maximum atomic E-state index is 13.2. The van der Waals surface area contributed by atoms with E-state index in [0.717, 1.165) is 31.2 Å². The first-order valence-electron chi connectivity index (χ1n) is 10.1. The van der Waals surface area contributed by atoms with Crippen LogP contribution in [-0.2, 0) is 11.2 Å². The third kappa shape index (κ3) is 7.34. The first-order valence-corrected chi connectivity index (χ1v) is 10.1. The maximum Gasteiger partial charge on any atom is 1.00 e. The molecule has 0 aliphatic heterocycles. The van der Waals surface area contributed by atoms with Crippen molar-refractivity contribution in [1.82, 2.24) is 0 Å². The number of halogens is 1. The van der Waals surface area contributed by atoms with E-state index in [0.29, 0.717) is 11.8 Å². The Labute approximate surface area is 195 Å². The molecule has 4 rings (SSSR count). The molecule has 0 radical (unpaired) electrons. The van der Waals surface area contributed by atoms with Crippen LogP contribution in [0.15, 0.2) is 47.6 Å². The van der Waals surface area contributed by atoms with Gasteiger partial charge in [0, 0.05) is 6.42 Å². The van der Waals surface area contributed by atoms with Crippen LogP contribution in [0.5, 0.6) is 0 Å². The molecule has 0 aromatic heterocycles. The van der Waals surface area contributed by atoms with Crippen LogP contribution in [-0.4, -0.2) is 33.5 Å². The zero-order chi connectivity index (χ0) is 20.1. The van der Waals surface area contributed by atoms with Gasteiger partial charge in [0.25, 0.3) is 0 Å². The largest absolute Gasteiger partial charge is 1.00 e. The summed E-state index contributed by atoms with van der Waals surface area (Å²) in [5.41, 5.74) is 3.70. The SMILES string of the molecule is O=C(O)CC(O)CC(O)C=CC1=C(Cc2ccc(F)cc2)CC2CCC1CC2.[H-].[Na+]. The number of benzene rings is 1. The van der Waals surface area contributed by atoms with Crippen LogP contribution in [0.2, 0.25) is 0 Å². The minimum absolute atomic E-state index is 0. The van der Waals surface area contributed by atoms with Gasteiger partial charge in [0.15, 0.2) is 0 Å². The Kier molecular flexibility index (Phi) is 9.57. The van der Waals surface area contributed by atoms with Gasteiger partial charge in [-0.15, -0.1) is 0 Å². The van der Waals surface area contributed by atoms with Crippen molar-refractivity contribution >= 4 is 5.97 Å². The Bertz CT molecular complexity index is 742. The van der Waals surface area contributed by atoms with Gasteiger partial charge in [-0.25, -0.2) is 4.39 Å². The fourth-order valence-electron chi connectivity index (χ4n) is 4.57. The Hall–Kier alpha value is -0.980. The number of carboxylic acid groups (broad SMARTS) is 1. The van der Waals surface area contributed by atoms with Gasteiger partial charge in [0.1, 0.15) is 5.82 Å². The number of fused-ring (bicyclic) bond motifs is 3. The zero-order valence-electron chi connectivity index (χ0n) is 18.1. The third-order valence-electron chi connectivity index (χ3n) is 5.98. The summed E-state index contributed by atoms with van der Waals surface area (Å²) < 4.78 is 13.2. The molecule has 1 aromatic carbocycles. The minimum atomic E-state index is -1.08. The topological polar surface area (TPSA) is 77.8 Å². The summed E-state index contributed by atoms with van der Waals surface area (Å²) in [4.78, 5) is 10.7. The van der Waals surface area contributed by atoms with Crippen molar-refractivity contribution in [3.05, 3.63) is 58.9 Å². The van der Waals surface area contributed by atoms with Crippen molar-refractivity contribution in [2.24, 2.45) is 11.8 Å². The summed E-state index contributed by atoms with van der Waals surface area (Å²) in [5, 5.41) is 28.7. The van der Waals surface area contributed by atoms with Gasteiger partial charge >= 0.3 is 35.5 Å². The van der Waals surface area contributed by atoms with E-state index in [1.54, 1.807) is 6.08 Å². The van der Waals surface area contributed by atoms with E-state index in [-0.39, 0.29) is 49.6 Å². The predicted molar refractivity (Wildman–Crippen MR) is 106 cm³/mol. The van der Waals surface area contributed by atoms with Crippen molar-refractivity contribution in [3.63, 3.8) is 0 Å². The standard InChI is InChI=1S/C23H29FO4.Na.H/c24-19-7-3-16(4-8-19)12-18-11-15-1-5-17(6-2-15)22(18)10-9-20(25)13-21(26)14-23(27)28;;/h3-4,7-10,15,17,20-21,25-26H,1-2,5-6,11-14H2,(H,27,28);;/q;+1;-1. The van der Waals surface area contributed by atoms with Crippen LogP contribution >= 0.6 is 0 Å². The predicted octanol–water partition coefficient (Wildman–Crippen LogP) is 1.13. The van der Waals surface area contributed by atoms with Crippen molar-refractivity contribution in [3.8, 4) is 0 Å². The van der Waals surface area contributed by atoms with Crippen LogP contribution < -0.4 is 29.6 Å². The van der Waals surface area contributed by atoms with Gasteiger partial charge in [-0.05, 0) is 73.6 Å². The third-order valence-corrected chi connectivity index (χ3v) is 5.98.